The van der Waals surface area contributed by atoms with Crippen molar-refractivity contribution in [2.75, 3.05) is 13.6 Å². The van der Waals surface area contributed by atoms with Crippen LogP contribution in [0.1, 0.15) is 59.8 Å². The Hall–Kier alpha value is -1.93. The maximum Gasteiger partial charge on any atom is 0.256 e. The summed E-state index contributed by atoms with van der Waals surface area (Å²) in [5.41, 5.74) is 13.8. The first-order valence-electron chi connectivity index (χ1n) is 9.86. The monoisotopic (exact) mass is 424 g/mol. The number of hydrazine groups is 1. The number of benzene rings is 1. The van der Waals surface area contributed by atoms with Crippen LogP contribution in [0.25, 0.3) is 0 Å². The minimum Gasteiger partial charge on any atom is -0.467 e. The fourth-order valence-electron chi connectivity index (χ4n) is 3.56. The van der Waals surface area contributed by atoms with E-state index >= 15 is 0 Å². The number of nitrogens with zero attached hydrogens (tertiary/aromatic N) is 1. The number of carbonyl (C=O) groups excluding carboxylic acids is 1. The molecule has 1 aromatic carbocycles. The number of hydrogen-bond donors (Lipinski definition) is 3. The zero-order chi connectivity index (χ0) is 19.9. The maximum atomic E-state index is 13.0. The van der Waals surface area contributed by atoms with Crippen LogP contribution in [0, 0.1) is 5.82 Å². The van der Waals surface area contributed by atoms with Crippen molar-refractivity contribution >= 4 is 18.3 Å². The van der Waals surface area contributed by atoms with Crippen molar-refractivity contribution in [3.8, 4) is 0 Å². The topological polar surface area (TPSA) is 83.5 Å². The second kappa shape index (κ2) is 11.3. The highest BCUT2D eigenvalue weighted by Crippen LogP contribution is 2.24. The van der Waals surface area contributed by atoms with Gasteiger partial charge in [-0.05, 0) is 43.0 Å². The average molecular weight is 425 g/mol. The minimum absolute atomic E-state index is 0. The van der Waals surface area contributed by atoms with Gasteiger partial charge in [0.2, 0.25) is 0 Å². The first-order chi connectivity index (χ1) is 13.6. The van der Waals surface area contributed by atoms with Crippen molar-refractivity contribution in [3.63, 3.8) is 0 Å². The Morgan fingerprint density at radius 3 is 2.69 bits per heavy atom. The summed E-state index contributed by atoms with van der Waals surface area (Å²) in [5.74, 6) is 0.378. The lowest BCUT2D eigenvalue weighted by Crippen LogP contribution is -2.30. The van der Waals surface area contributed by atoms with Gasteiger partial charge >= 0.3 is 0 Å². The van der Waals surface area contributed by atoms with Gasteiger partial charge in [-0.2, -0.15) is 0 Å². The van der Waals surface area contributed by atoms with Gasteiger partial charge in [-0.3, -0.25) is 15.6 Å². The summed E-state index contributed by atoms with van der Waals surface area (Å²) in [6.45, 7) is 1.01. The van der Waals surface area contributed by atoms with Gasteiger partial charge in [0.1, 0.15) is 17.8 Å². The second-order valence-electron chi connectivity index (χ2n) is 7.41. The van der Waals surface area contributed by atoms with Crippen LogP contribution in [0.5, 0.6) is 0 Å². The van der Waals surface area contributed by atoms with Gasteiger partial charge in [-0.25, -0.2) is 4.39 Å². The van der Waals surface area contributed by atoms with Crippen LogP contribution < -0.4 is 16.6 Å². The normalized spacial score (nSPS) is 18.4. The third-order valence-corrected chi connectivity index (χ3v) is 5.25. The molecule has 1 aliphatic heterocycles. The second-order valence-corrected chi connectivity index (χ2v) is 7.41. The first-order valence-corrected chi connectivity index (χ1v) is 9.86. The third kappa shape index (κ3) is 6.54. The molecule has 2 heterocycles. The highest BCUT2D eigenvalue weighted by atomic mass is 35.5. The number of hydrogen-bond acceptors (Lipinski definition) is 5. The predicted octanol–water partition coefficient (Wildman–Crippen LogP) is 3.54. The SMILES string of the molecule is CN(CCCCCC1CC(c2ccc(F)cc2)NN1)C(=O)c1coc(CN)c1.Cl. The van der Waals surface area contributed by atoms with E-state index in [0.29, 0.717) is 23.9 Å². The number of furan rings is 1. The van der Waals surface area contributed by atoms with Crippen molar-refractivity contribution in [3.05, 3.63) is 59.3 Å². The third-order valence-electron chi connectivity index (χ3n) is 5.25. The summed E-state index contributed by atoms with van der Waals surface area (Å²) in [5, 5.41) is 0. The van der Waals surface area contributed by atoms with Crippen molar-refractivity contribution in [2.24, 2.45) is 5.73 Å². The van der Waals surface area contributed by atoms with Crippen LogP contribution >= 0.6 is 12.4 Å². The minimum atomic E-state index is -0.206. The Morgan fingerprint density at radius 2 is 2.00 bits per heavy atom. The highest BCUT2D eigenvalue weighted by molar-refractivity contribution is 5.93. The molecule has 8 heteroatoms. The number of nitrogens with one attached hydrogen (secondary N) is 2. The van der Waals surface area contributed by atoms with E-state index in [0.717, 1.165) is 44.2 Å². The molecule has 29 heavy (non-hydrogen) atoms. The maximum absolute atomic E-state index is 13.0. The molecule has 1 saturated heterocycles. The Kier molecular flexibility index (Phi) is 9.10. The van der Waals surface area contributed by atoms with E-state index in [-0.39, 0.29) is 30.2 Å². The largest absolute Gasteiger partial charge is 0.467 e. The quantitative estimate of drug-likeness (QED) is 0.536. The van der Waals surface area contributed by atoms with E-state index in [1.54, 1.807) is 11.0 Å². The van der Waals surface area contributed by atoms with Gasteiger partial charge in [-0.1, -0.05) is 25.0 Å². The number of halogens is 2. The molecule has 4 N–H and O–H groups in total. The molecule has 3 rings (SSSR count). The van der Waals surface area contributed by atoms with Gasteiger partial charge in [-0.15, -0.1) is 12.4 Å². The molecule has 1 aliphatic rings. The first kappa shape index (κ1) is 23.3. The van der Waals surface area contributed by atoms with E-state index in [9.17, 15) is 9.18 Å². The molecule has 2 aromatic rings. The molecular weight excluding hydrogens is 395 g/mol. The van der Waals surface area contributed by atoms with E-state index in [2.05, 4.69) is 10.9 Å². The molecular formula is C21H30ClFN4O2. The molecule has 160 valence electrons. The summed E-state index contributed by atoms with van der Waals surface area (Å²) in [6, 6.07) is 9.01. The molecule has 0 spiro atoms. The molecule has 0 radical (unpaired) electrons. The Labute approximate surface area is 177 Å². The fraction of sp³-hybridized carbons (Fsp3) is 0.476. The van der Waals surface area contributed by atoms with Crippen molar-refractivity contribution < 1.29 is 13.6 Å². The predicted molar refractivity (Wildman–Crippen MR) is 113 cm³/mol. The highest BCUT2D eigenvalue weighted by Gasteiger charge is 2.24. The number of rotatable bonds is 9. The molecule has 0 aliphatic carbocycles. The number of unbranched alkanes of at least 4 members (excludes halogenated alkanes) is 2. The van der Waals surface area contributed by atoms with E-state index in [1.165, 1.54) is 18.4 Å². The number of amides is 1. The Bertz CT molecular complexity index is 768. The summed E-state index contributed by atoms with van der Waals surface area (Å²) >= 11 is 0. The molecule has 6 nitrogen and oxygen atoms in total. The van der Waals surface area contributed by atoms with Gasteiger partial charge in [0.05, 0.1) is 12.1 Å². The molecule has 1 aromatic heterocycles. The lowest BCUT2D eigenvalue weighted by Gasteiger charge is -2.16. The van der Waals surface area contributed by atoms with Crippen molar-refractivity contribution in [1.82, 2.24) is 15.8 Å². The average Bonchev–Trinajstić information content (AvgIpc) is 3.37. The fourth-order valence-corrected chi connectivity index (χ4v) is 3.56. The standard InChI is InChI=1S/C21H29FN4O2.ClH/c1-26(21(27)16-11-19(13-23)28-14-16)10-4-2-3-5-18-12-20(25-24-18)15-6-8-17(22)9-7-15;/h6-9,11,14,18,20,24-25H,2-5,10,12-13,23H2,1H3;1H. The lowest BCUT2D eigenvalue weighted by molar-refractivity contribution is 0.0791. The smallest absolute Gasteiger partial charge is 0.256 e. The Morgan fingerprint density at radius 1 is 1.24 bits per heavy atom. The Balaban J connectivity index is 0.00000300. The van der Waals surface area contributed by atoms with Crippen LogP contribution in [-0.4, -0.2) is 30.4 Å². The van der Waals surface area contributed by atoms with Crippen LogP contribution in [0.4, 0.5) is 4.39 Å². The number of nitrogens with two attached hydrogens (primary N) is 1. The summed E-state index contributed by atoms with van der Waals surface area (Å²) in [4.78, 5) is 14.0. The summed E-state index contributed by atoms with van der Waals surface area (Å²) < 4.78 is 18.3. The zero-order valence-electron chi connectivity index (χ0n) is 16.7. The summed E-state index contributed by atoms with van der Waals surface area (Å²) in [7, 11) is 1.81. The van der Waals surface area contributed by atoms with Gasteiger partial charge < -0.3 is 15.1 Å². The molecule has 2 atom stereocenters. The molecule has 1 amide bonds. The van der Waals surface area contributed by atoms with Crippen LogP contribution in [0.15, 0.2) is 41.0 Å². The van der Waals surface area contributed by atoms with Gasteiger partial charge in [0.15, 0.2) is 0 Å². The van der Waals surface area contributed by atoms with E-state index in [1.807, 2.05) is 19.2 Å². The van der Waals surface area contributed by atoms with Crippen molar-refractivity contribution in [2.45, 2.75) is 50.7 Å². The van der Waals surface area contributed by atoms with Gasteiger partial charge in [0, 0.05) is 25.7 Å². The molecule has 1 fully saturated rings. The zero-order valence-corrected chi connectivity index (χ0v) is 17.5. The van der Waals surface area contributed by atoms with Crippen molar-refractivity contribution in [1.29, 1.82) is 0 Å². The van der Waals surface area contributed by atoms with Crippen LogP contribution in [-0.2, 0) is 6.54 Å². The van der Waals surface area contributed by atoms with Gasteiger partial charge in [0.25, 0.3) is 5.91 Å². The van der Waals surface area contributed by atoms with Crippen LogP contribution in [0.2, 0.25) is 0 Å². The summed E-state index contributed by atoms with van der Waals surface area (Å²) in [6.07, 6.45) is 6.66. The molecule has 2 unspecified atom stereocenters. The molecule has 0 bridgehead atoms. The van der Waals surface area contributed by atoms with E-state index < -0.39 is 0 Å². The number of carbonyl (C=O) groups is 1. The van der Waals surface area contributed by atoms with E-state index in [4.69, 9.17) is 10.2 Å². The lowest BCUT2D eigenvalue weighted by atomic mass is 9.99. The molecule has 0 saturated carbocycles. The van der Waals surface area contributed by atoms with Crippen LogP contribution in [0.3, 0.4) is 0 Å².